The van der Waals surface area contributed by atoms with E-state index in [1.807, 2.05) is 18.2 Å². The fourth-order valence-corrected chi connectivity index (χ4v) is 2.71. The zero-order valence-electron chi connectivity index (χ0n) is 13.6. The van der Waals surface area contributed by atoms with Crippen LogP contribution in [0.2, 0.25) is 0 Å². The maximum atomic E-state index is 12.8. The summed E-state index contributed by atoms with van der Waals surface area (Å²) in [5.41, 5.74) is 1.63. The van der Waals surface area contributed by atoms with E-state index in [0.29, 0.717) is 12.2 Å². The fraction of sp³-hybridized carbons (Fsp3) is 0.222. The third-order valence-corrected chi connectivity index (χ3v) is 4.36. The first kappa shape index (κ1) is 18.0. The maximum absolute atomic E-state index is 12.8. The zero-order chi connectivity index (χ0) is 17.5. The lowest BCUT2D eigenvalue weighted by Crippen LogP contribution is -2.23. The van der Waals surface area contributed by atoms with Gasteiger partial charge in [0.05, 0.1) is 5.75 Å². The van der Waals surface area contributed by atoms with Gasteiger partial charge < -0.3 is 10.2 Å². The molecule has 2 aromatic carbocycles. The molecule has 0 radical (unpaired) electrons. The van der Waals surface area contributed by atoms with Crippen LogP contribution in [0.25, 0.3) is 0 Å². The molecule has 0 aliphatic carbocycles. The third kappa shape index (κ3) is 5.70. The highest BCUT2D eigenvalue weighted by molar-refractivity contribution is 8.00. The molecule has 0 heterocycles. The Kier molecular flexibility index (Phi) is 6.37. The lowest BCUT2D eigenvalue weighted by molar-refractivity contribution is -0.128. The molecule has 0 fully saturated rings. The van der Waals surface area contributed by atoms with Crippen molar-refractivity contribution in [3.63, 3.8) is 0 Å². The maximum Gasteiger partial charge on any atom is 0.234 e. The first-order chi connectivity index (χ1) is 11.4. The Morgan fingerprint density at radius 3 is 2.54 bits per heavy atom. The minimum atomic E-state index is -0.295. The molecular weight excluding hydrogens is 327 g/mol. The second kappa shape index (κ2) is 8.49. The Labute approximate surface area is 145 Å². The molecule has 2 amide bonds. The van der Waals surface area contributed by atoms with Gasteiger partial charge in [0, 0.05) is 31.1 Å². The van der Waals surface area contributed by atoms with Crippen LogP contribution in [0.15, 0.2) is 53.4 Å². The molecule has 2 rings (SSSR count). The lowest BCUT2D eigenvalue weighted by atomic mass is 10.2. The molecule has 0 bridgehead atoms. The van der Waals surface area contributed by atoms with Gasteiger partial charge in [-0.2, -0.15) is 0 Å². The number of carbonyl (C=O) groups is 2. The van der Waals surface area contributed by atoms with Gasteiger partial charge in [-0.1, -0.05) is 12.1 Å². The molecule has 1 N–H and O–H groups in total. The molecule has 0 aliphatic heterocycles. The molecule has 0 aliphatic rings. The van der Waals surface area contributed by atoms with Crippen molar-refractivity contribution < 1.29 is 14.0 Å². The highest BCUT2D eigenvalue weighted by atomic mass is 32.2. The molecule has 0 atom stereocenters. The molecule has 0 aromatic heterocycles. The lowest BCUT2D eigenvalue weighted by Gasteiger charge is -2.15. The van der Waals surface area contributed by atoms with E-state index in [0.717, 1.165) is 10.5 Å². The van der Waals surface area contributed by atoms with Gasteiger partial charge in [0.15, 0.2) is 0 Å². The number of nitrogens with one attached hydrogen (secondary N) is 1. The summed E-state index contributed by atoms with van der Waals surface area (Å²) in [6.45, 7) is 2.00. The quantitative estimate of drug-likeness (QED) is 0.814. The van der Waals surface area contributed by atoms with Gasteiger partial charge in [0.2, 0.25) is 11.8 Å². The predicted octanol–water partition coefficient (Wildman–Crippen LogP) is 3.53. The summed E-state index contributed by atoms with van der Waals surface area (Å²) < 4.78 is 12.8. The average Bonchev–Trinajstić information content (AvgIpc) is 2.54. The topological polar surface area (TPSA) is 49.4 Å². The van der Waals surface area contributed by atoms with Gasteiger partial charge in [-0.05, 0) is 42.0 Å². The highest BCUT2D eigenvalue weighted by Crippen LogP contribution is 2.19. The Balaban J connectivity index is 1.89. The molecule has 0 unspecified atom stereocenters. The molecule has 0 saturated carbocycles. The summed E-state index contributed by atoms with van der Waals surface area (Å²) in [6, 6.07) is 13.4. The van der Waals surface area contributed by atoms with Crippen molar-refractivity contribution >= 4 is 29.3 Å². The normalized spacial score (nSPS) is 10.3. The van der Waals surface area contributed by atoms with E-state index in [1.165, 1.54) is 30.8 Å². The zero-order valence-corrected chi connectivity index (χ0v) is 14.4. The minimum Gasteiger partial charge on any atom is -0.342 e. The number of anilines is 1. The molecule has 2 aromatic rings. The van der Waals surface area contributed by atoms with Crippen LogP contribution >= 0.6 is 11.8 Å². The van der Waals surface area contributed by atoms with Gasteiger partial charge in [-0.25, -0.2) is 4.39 Å². The Bertz CT molecular complexity index is 719. The van der Waals surface area contributed by atoms with Crippen LogP contribution in [0, 0.1) is 5.82 Å². The second-order valence-corrected chi connectivity index (χ2v) is 6.41. The highest BCUT2D eigenvalue weighted by Gasteiger charge is 2.07. The van der Waals surface area contributed by atoms with Crippen LogP contribution < -0.4 is 5.32 Å². The summed E-state index contributed by atoms with van der Waals surface area (Å²) in [7, 11) is 1.73. The van der Waals surface area contributed by atoms with Gasteiger partial charge >= 0.3 is 0 Å². The number of hydrogen-bond acceptors (Lipinski definition) is 3. The predicted molar refractivity (Wildman–Crippen MR) is 94.3 cm³/mol. The van der Waals surface area contributed by atoms with Crippen molar-refractivity contribution in [2.24, 2.45) is 0 Å². The number of hydrogen-bond donors (Lipinski definition) is 1. The van der Waals surface area contributed by atoms with E-state index in [4.69, 9.17) is 0 Å². The van der Waals surface area contributed by atoms with Crippen molar-refractivity contribution in [3.05, 3.63) is 59.9 Å². The van der Waals surface area contributed by atoms with Gasteiger partial charge in [0.25, 0.3) is 0 Å². The average molecular weight is 346 g/mol. The van der Waals surface area contributed by atoms with Crippen LogP contribution in [-0.4, -0.2) is 29.5 Å². The number of rotatable bonds is 6. The van der Waals surface area contributed by atoms with Crippen molar-refractivity contribution in [3.8, 4) is 0 Å². The van der Waals surface area contributed by atoms with Crippen LogP contribution in [-0.2, 0) is 16.1 Å². The molecule has 126 valence electrons. The number of halogens is 1. The Morgan fingerprint density at radius 1 is 1.17 bits per heavy atom. The summed E-state index contributed by atoms with van der Waals surface area (Å²) in [5, 5.41) is 2.83. The van der Waals surface area contributed by atoms with Crippen molar-refractivity contribution in [1.29, 1.82) is 0 Å². The van der Waals surface area contributed by atoms with E-state index in [2.05, 4.69) is 5.32 Å². The molecule has 0 saturated heterocycles. The summed E-state index contributed by atoms with van der Waals surface area (Å²) in [4.78, 5) is 25.7. The number of nitrogens with zero attached hydrogens (tertiary/aromatic N) is 1. The standard InChI is InChI=1S/C18H19FN2O2S/c1-13(22)21(2)11-14-4-3-5-16(10-14)20-18(23)12-24-17-8-6-15(19)7-9-17/h3-10H,11-12H2,1-2H3,(H,20,23). The summed E-state index contributed by atoms with van der Waals surface area (Å²) in [5.74, 6) is -0.207. The monoisotopic (exact) mass is 346 g/mol. The number of thioether (sulfide) groups is 1. The van der Waals surface area contributed by atoms with Gasteiger partial charge in [-0.3, -0.25) is 9.59 Å². The summed E-state index contributed by atoms with van der Waals surface area (Å²) >= 11 is 1.34. The first-order valence-electron chi connectivity index (χ1n) is 7.43. The summed E-state index contributed by atoms with van der Waals surface area (Å²) in [6.07, 6.45) is 0. The molecule has 4 nitrogen and oxygen atoms in total. The van der Waals surface area contributed by atoms with Gasteiger partial charge in [0.1, 0.15) is 5.82 Å². The van der Waals surface area contributed by atoms with Crippen molar-refractivity contribution in [2.75, 3.05) is 18.1 Å². The smallest absolute Gasteiger partial charge is 0.234 e. The first-order valence-corrected chi connectivity index (χ1v) is 8.41. The van der Waals surface area contributed by atoms with E-state index < -0.39 is 0 Å². The van der Waals surface area contributed by atoms with E-state index in [1.54, 1.807) is 30.1 Å². The third-order valence-electron chi connectivity index (χ3n) is 3.35. The molecule has 0 spiro atoms. The SMILES string of the molecule is CC(=O)N(C)Cc1cccc(NC(=O)CSc2ccc(F)cc2)c1. The van der Waals surface area contributed by atoms with E-state index >= 15 is 0 Å². The molecule has 24 heavy (non-hydrogen) atoms. The number of benzene rings is 2. The minimum absolute atomic E-state index is 0.0138. The van der Waals surface area contributed by atoms with Crippen molar-refractivity contribution in [1.82, 2.24) is 4.90 Å². The Morgan fingerprint density at radius 2 is 1.88 bits per heavy atom. The van der Waals surface area contributed by atoms with Crippen LogP contribution in [0.5, 0.6) is 0 Å². The van der Waals surface area contributed by atoms with Crippen molar-refractivity contribution in [2.45, 2.75) is 18.4 Å². The largest absolute Gasteiger partial charge is 0.342 e. The molecule has 6 heteroatoms. The van der Waals surface area contributed by atoms with E-state index in [-0.39, 0.29) is 23.4 Å². The molecular formula is C18H19FN2O2S. The second-order valence-electron chi connectivity index (χ2n) is 5.37. The van der Waals surface area contributed by atoms with Crippen LogP contribution in [0.3, 0.4) is 0 Å². The van der Waals surface area contributed by atoms with E-state index in [9.17, 15) is 14.0 Å². The van der Waals surface area contributed by atoms with Crippen LogP contribution in [0.1, 0.15) is 12.5 Å². The number of amides is 2. The number of carbonyl (C=O) groups excluding carboxylic acids is 2. The van der Waals surface area contributed by atoms with Gasteiger partial charge in [-0.15, -0.1) is 11.8 Å². The fourth-order valence-electron chi connectivity index (χ4n) is 2.01. The Hall–Kier alpha value is -2.34. The van der Waals surface area contributed by atoms with Crippen LogP contribution in [0.4, 0.5) is 10.1 Å².